The number of carbonyl (C=O) groups is 2. The molecule has 1 heterocycles. The van der Waals surface area contributed by atoms with Crippen LogP contribution in [0.4, 0.5) is 0 Å². The predicted octanol–water partition coefficient (Wildman–Crippen LogP) is 5.03. The van der Waals surface area contributed by atoms with Gasteiger partial charge >= 0.3 is 11.9 Å². The third-order valence-electron chi connectivity index (χ3n) is 3.59. The van der Waals surface area contributed by atoms with Crippen LogP contribution in [0.15, 0.2) is 45.5 Å². The van der Waals surface area contributed by atoms with Crippen molar-refractivity contribution in [3.05, 3.63) is 61.7 Å². The quantitative estimate of drug-likeness (QED) is 0.345. The minimum atomic E-state index is -0.611. The summed E-state index contributed by atoms with van der Waals surface area (Å²) in [4.78, 5) is 27.7. The zero-order chi connectivity index (χ0) is 20.4. The van der Waals surface area contributed by atoms with Gasteiger partial charge in [-0.2, -0.15) is 0 Å². The highest BCUT2D eigenvalue weighted by Crippen LogP contribution is 2.37. The Morgan fingerprint density at radius 1 is 1.21 bits per heavy atom. The molecule has 0 saturated carbocycles. The molecule has 0 spiro atoms. The van der Waals surface area contributed by atoms with E-state index in [4.69, 9.17) is 37.4 Å². The molecule has 9 heteroatoms. The van der Waals surface area contributed by atoms with Crippen molar-refractivity contribution in [2.45, 2.75) is 6.92 Å². The average Bonchev–Trinajstić information content (AvgIpc) is 2.99. The highest BCUT2D eigenvalue weighted by molar-refractivity contribution is 9.10. The molecule has 0 amide bonds. The molecule has 0 unspecified atom stereocenters. The Bertz CT molecular complexity index is 1050. The Labute approximate surface area is 178 Å². The summed E-state index contributed by atoms with van der Waals surface area (Å²) in [7, 11) is 1.44. The molecule has 0 atom stereocenters. The van der Waals surface area contributed by atoms with Crippen molar-refractivity contribution >= 4 is 63.0 Å². The highest BCUT2D eigenvalue weighted by atomic mass is 79.9. The number of aliphatic imine (C=N–C) groups is 1. The number of hydrogen-bond donors (Lipinski definition) is 0. The normalized spacial score (nSPS) is 14.7. The molecule has 0 saturated heterocycles. The van der Waals surface area contributed by atoms with Gasteiger partial charge in [-0.3, -0.25) is 4.79 Å². The molecule has 0 aromatic heterocycles. The van der Waals surface area contributed by atoms with E-state index in [0.717, 1.165) is 0 Å². The van der Waals surface area contributed by atoms with Crippen LogP contribution < -0.4 is 9.47 Å². The first-order valence-corrected chi connectivity index (χ1v) is 9.37. The SMILES string of the molecule is COc1cc(C=C2N=C(c3ccc(Cl)c(Cl)c3)OC2=O)cc(Br)c1OC(C)=O. The molecule has 0 radical (unpaired) electrons. The molecule has 3 rings (SSSR count). The van der Waals surface area contributed by atoms with Gasteiger partial charge in [-0.15, -0.1) is 0 Å². The lowest BCUT2D eigenvalue weighted by Gasteiger charge is -2.11. The van der Waals surface area contributed by atoms with E-state index in [1.807, 2.05) is 0 Å². The molecule has 28 heavy (non-hydrogen) atoms. The number of esters is 2. The van der Waals surface area contributed by atoms with E-state index in [1.165, 1.54) is 20.1 Å². The van der Waals surface area contributed by atoms with Crippen molar-refractivity contribution < 1.29 is 23.8 Å². The standard InChI is InChI=1S/C19H12BrCl2NO5/c1-9(24)27-17-12(20)5-10(7-16(17)26-2)6-15-19(25)28-18(23-15)11-3-4-13(21)14(22)8-11/h3-8H,1-2H3. The fourth-order valence-corrected chi connectivity index (χ4v) is 3.22. The summed E-state index contributed by atoms with van der Waals surface area (Å²) in [6, 6.07) is 8.07. The van der Waals surface area contributed by atoms with E-state index in [-0.39, 0.29) is 17.3 Å². The van der Waals surface area contributed by atoms with Gasteiger partial charge in [0.15, 0.2) is 17.2 Å². The first-order chi connectivity index (χ1) is 13.3. The van der Waals surface area contributed by atoms with Crippen LogP contribution in [0.5, 0.6) is 11.5 Å². The number of nitrogens with zero attached hydrogens (tertiary/aromatic N) is 1. The van der Waals surface area contributed by atoms with E-state index >= 15 is 0 Å². The molecule has 1 aliphatic rings. The molecule has 0 bridgehead atoms. The van der Waals surface area contributed by atoms with Gasteiger partial charge in [0.25, 0.3) is 0 Å². The van der Waals surface area contributed by atoms with E-state index in [1.54, 1.807) is 30.3 Å². The van der Waals surface area contributed by atoms with Crippen LogP contribution in [0.3, 0.4) is 0 Å². The third kappa shape index (κ3) is 4.38. The Kier molecular flexibility index (Phi) is 6.07. The van der Waals surface area contributed by atoms with Gasteiger partial charge in [-0.05, 0) is 57.9 Å². The van der Waals surface area contributed by atoms with Crippen LogP contribution in [-0.4, -0.2) is 24.9 Å². The van der Waals surface area contributed by atoms with Crippen molar-refractivity contribution in [1.82, 2.24) is 0 Å². The third-order valence-corrected chi connectivity index (χ3v) is 4.92. The average molecular weight is 485 g/mol. The zero-order valence-corrected chi connectivity index (χ0v) is 17.7. The Balaban J connectivity index is 1.97. The van der Waals surface area contributed by atoms with Crippen LogP contribution in [0.2, 0.25) is 10.0 Å². The number of ether oxygens (including phenoxy) is 3. The minimum absolute atomic E-state index is 0.0928. The van der Waals surface area contributed by atoms with E-state index in [2.05, 4.69) is 20.9 Å². The zero-order valence-electron chi connectivity index (χ0n) is 14.6. The van der Waals surface area contributed by atoms with Crippen LogP contribution in [0.1, 0.15) is 18.1 Å². The van der Waals surface area contributed by atoms with Gasteiger partial charge in [0, 0.05) is 12.5 Å². The maximum Gasteiger partial charge on any atom is 0.363 e. The van der Waals surface area contributed by atoms with Crippen LogP contribution in [0, 0.1) is 0 Å². The smallest absolute Gasteiger partial charge is 0.363 e. The summed E-state index contributed by atoms with van der Waals surface area (Å²) in [5, 5.41) is 0.709. The number of benzene rings is 2. The Morgan fingerprint density at radius 2 is 1.96 bits per heavy atom. The van der Waals surface area contributed by atoms with E-state index in [0.29, 0.717) is 31.4 Å². The molecule has 144 valence electrons. The predicted molar refractivity (Wildman–Crippen MR) is 109 cm³/mol. The van der Waals surface area contributed by atoms with E-state index in [9.17, 15) is 9.59 Å². The molecular weight excluding hydrogens is 473 g/mol. The fraction of sp³-hybridized carbons (Fsp3) is 0.105. The number of carbonyl (C=O) groups excluding carboxylic acids is 2. The minimum Gasteiger partial charge on any atom is -0.493 e. The molecule has 0 fully saturated rings. The number of halogens is 3. The lowest BCUT2D eigenvalue weighted by molar-refractivity contribution is -0.132. The maximum atomic E-state index is 12.2. The second-order valence-corrected chi connectivity index (χ2v) is 7.26. The summed E-state index contributed by atoms with van der Waals surface area (Å²) in [6.07, 6.45) is 1.53. The molecule has 0 N–H and O–H groups in total. The summed E-state index contributed by atoms with van der Waals surface area (Å²) in [5.41, 5.74) is 1.20. The van der Waals surface area contributed by atoms with Crippen molar-refractivity contribution in [2.75, 3.05) is 7.11 Å². The first kappa shape index (κ1) is 20.4. The summed E-state index contributed by atoms with van der Waals surface area (Å²) in [6.45, 7) is 1.29. The van der Waals surface area contributed by atoms with Gasteiger partial charge in [-0.25, -0.2) is 9.79 Å². The number of methoxy groups -OCH3 is 1. The largest absolute Gasteiger partial charge is 0.493 e. The lowest BCUT2D eigenvalue weighted by atomic mass is 10.1. The summed E-state index contributed by atoms with van der Waals surface area (Å²) >= 11 is 15.2. The Morgan fingerprint density at radius 3 is 2.61 bits per heavy atom. The van der Waals surface area contributed by atoms with Gasteiger partial charge in [0.2, 0.25) is 5.90 Å². The van der Waals surface area contributed by atoms with Crippen LogP contribution in [-0.2, 0) is 14.3 Å². The molecule has 0 aliphatic carbocycles. The van der Waals surface area contributed by atoms with Gasteiger partial charge in [-0.1, -0.05) is 23.2 Å². The van der Waals surface area contributed by atoms with Crippen LogP contribution >= 0.6 is 39.1 Å². The van der Waals surface area contributed by atoms with Crippen molar-refractivity contribution in [3.8, 4) is 11.5 Å². The fourth-order valence-electron chi connectivity index (χ4n) is 2.39. The second kappa shape index (κ2) is 8.34. The Hall–Kier alpha value is -2.35. The summed E-state index contributed by atoms with van der Waals surface area (Å²) < 4.78 is 16.1. The van der Waals surface area contributed by atoms with Crippen molar-refractivity contribution in [3.63, 3.8) is 0 Å². The molecule has 1 aliphatic heterocycles. The first-order valence-electron chi connectivity index (χ1n) is 7.82. The monoisotopic (exact) mass is 483 g/mol. The molecule has 2 aromatic rings. The van der Waals surface area contributed by atoms with Gasteiger partial charge in [0.05, 0.1) is 21.6 Å². The topological polar surface area (TPSA) is 74.2 Å². The van der Waals surface area contributed by atoms with Gasteiger partial charge < -0.3 is 14.2 Å². The lowest BCUT2D eigenvalue weighted by Crippen LogP contribution is -2.05. The number of rotatable bonds is 4. The second-order valence-electron chi connectivity index (χ2n) is 5.59. The molecular formula is C19H12BrCl2NO5. The summed E-state index contributed by atoms with van der Waals surface area (Å²) in [5.74, 6) is -0.416. The van der Waals surface area contributed by atoms with Crippen molar-refractivity contribution in [2.24, 2.45) is 4.99 Å². The molecule has 2 aromatic carbocycles. The van der Waals surface area contributed by atoms with Gasteiger partial charge in [0.1, 0.15) is 0 Å². The van der Waals surface area contributed by atoms with Crippen LogP contribution in [0.25, 0.3) is 6.08 Å². The highest BCUT2D eigenvalue weighted by Gasteiger charge is 2.25. The number of cyclic esters (lactones) is 1. The van der Waals surface area contributed by atoms with Crippen molar-refractivity contribution in [1.29, 1.82) is 0 Å². The maximum absolute atomic E-state index is 12.2. The number of hydrogen-bond acceptors (Lipinski definition) is 6. The molecule has 6 nitrogen and oxygen atoms in total. The van der Waals surface area contributed by atoms with E-state index < -0.39 is 11.9 Å².